The van der Waals surface area contributed by atoms with E-state index in [2.05, 4.69) is 20.2 Å². The van der Waals surface area contributed by atoms with Gasteiger partial charge in [0.2, 0.25) is 5.89 Å². The summed E-state index contributed by atoms with van der Waals surface area (Å²) in [5.74, 6) is 1.90. The fraction of sp³-hybridized carbons (Fsp3) is 0.0909. The number of hydrogen-bond acceptors (Lipinski definition) is 6. The van der Waals surface area contributed by atoms with Crippen molar-refractivity contribution in [1.29, 1.82) is 0 Å². The van der Waals surface area contributed by atoms with Crippen LogP contribution in [0.15, 0.2) is 76.6 Å². The van der Waals surface area contributed by atoms with Gasteiger partial charge in [-0.25, -0.2) is 4.98 Å². The van der Waals surface area contributed by atoms with Crippen molar-refractivity contribution in [2.24, 2.45) is 0 Å². The van der Waals surface area contributed by atoms with Crippen molar-refractivity contribution in [3.05, 3.63) is 83.5 Å². The second-order valence-corrected chi connectivity index (χ2v) is 7.98. The highest BCUT2D eigenvalue weighted by Crippen LogP contribution is 2.33. The number of nitrogens with zero attached hydrogens (tertiary/aromatic N) is 5. The van der Waals surface area contributed by atoms with Crippen LogP contribution >= 0.6 is 23.4 Å². The van der Waals surface area contributed by atoms with Gasteiger partial charge in [-0.1, -0.05) is 41.6 Å². The molecule has 0 saturated carbocycles. The van der Waals surface area contributed by atoms with E-state index in [0.29, 0.717) is 16.7 Å². The zero-order valence-electron chi connectivity index (χ0n) is 16.0. The lowest BCUT2D eigenvalue weighted by Crippen LogP contribution is -2.02. The maximum absolute atomic E-state index is 6.40. The van der Waals surface area contributed by atoms with E-state index < -0.39 is 0 Å². The Morgan fingerprint density at radius 2 is 1.83 bits per heavy atom. The second-order valence-electron chi connectivity index (χ2n) is 6.63. The summed E-state index contributed by atoms with van der Waals surface area (Å²) in [6.07, 6.45) is 3.48. The van der Waals surface area contributed by atoms with Gasteiger partial charge in [0.05, 0.1) is 11.4 Å². The lowest BCUT2D eigenvalue weighted by atomic mass is 10.2. The van der Waals surface area contributed by atoms with Gasteiger partial charge in [0.1, 0.15) is 5.52 Å². The summed E-state index contributed by atoms with van der Waals surface area (Å²) < 4.78 is 7.87. The lowest BCUT2D eigenvalue weighted by Gasteiger charge is -2.13. The third-order valence-electron chi connectivity index (χ3n) is 4.71. The Kier molecular flexibility index (Phi) is 4.98. The molecular weight excluding hydrogens is 418 g/mol. The van der Waals surface area contributed by atoms with Gasteiger partial charge in [0.25, 0.3) is 0 Å². The molecule has 0 aliphatic heterocycles. The predicted octanol–water partition coefficient (Wildman–Crippen LogP) is 5.72. The number of pyridine rings is 1. The minimum Gasteiger partial charge on any atom is -0.440 e. The molecule has 5 aromatic rings. The summed E-state index contributed by atoms with van der Waals surface area (Å²) in [6.45, 7) is 1.99. The molecule has 0 atom stereocenters. The topological polar surface area (TPSA) is 69.6 Å². The molecule has 30 heavy (non-hydrogen) atoms. The zero-order valence-corrected chi connectivity index (χ0v) is 17.6. The highest BCUT2D eigenvalue weighted by atomic mass is 35.5. The Morgan fingerprint density at radius 1 is 1.00 bits per heavy atom. The summed E-state index contributed by atoms with van der Waals surface area (Å²) in [5.41, 5.74) is 4.43. The van der Waals surface area contributed by atoms with Crippen LogP contribution in [-0.2, 0) is 5.75 Å². The highest BCUT2D eigenvalue weighted by Gasteiger charge is 2.19. The average molecular weight is 434 g/mol. The van der Waals surface area contributed by atoms with Gasteiger partial charge in [-0.05, 0) is 48.9 Å². The van der Waals surface area contributed by atoms with Gasteiger partial charge < -0.3 is 4.42 Å². The number of oxazole rings is 1. The van der Waals surface area contributed by atoms with Gasteiger partial charge in [0, 0.05) is 23.0 Å². The van der Waals surface area contributed by atoms with Crippen LogP contribution in [-0.4, -0.2) is 24.7 Å². The van der Waals surface area contributed by atoms with Crippen molar-refractivity contribution in [2.75, 3.05) is 0 Å². The smallest absolute Gasteiger partial charge is 0.205 e. The lowest BCUT2D eigenvalue weighted by molar-refractivity contribution is 0.556. The number of rotatable bonds is 5. The van der Waals surface area contributed by atoms with Gasteiger partial charge >= 0.3 is 0 Å². The Balaban J connectivity index is 1.56. The molecule has 0 saturated heterocycles. The fourth-order valence-electron chi connectivity index (χ4n) is 3.21. The number of hydrogen-bond donors (Lipinski definition) is 0. The summed E-state index contributed by atoms with van der Waals surface area (Å²) in [5, 5.41) is 10.3. The molecule has 0 spiro atoms. The molecule has 0 aliphatic carbocycles. The van der Waals surface area contributed by atoms with Crippen LogP contribution in [0.25, 0.3) is 28.2 Å². The van der Waals surface area contributed by atoms with Crippen LogP contribution in [0.2, 0.25) is 5.02 Å². The molecule has 0 fully saturated rings. The molecule has 3 heterocycles. The van der Waals surface area contributed by atoms with Crippen molar-refractivity contribution >= 4 is 34.5 Å². The van der Waals surface area contributed by atoms with Crippen LogP contribution in [0.4, 0.5) is 0 Å². The molecule has 2 aromatic carbocycles. The van der Waals surface area contributed by atoms with Crippen LogP contribution in [0.1, 0.15) is 11.5 Å². The quantitative estimate of drug-likeness (QED) is 0.330. The molecule has 0 N–H and O–H groups in total. The number of para-hydroxylation sites is 2. The first-order valence-corrected chi connectivity index (χ1v) is 10.7. The monoisotopic (exact) mass is 433 g/mol. The zero-order chi connectivity index (χ0) is 20.5. The summed E-state index contributed by atoms with van der Waals surface area (Å²) in [6, 6.07) is 17.4. The molecule has 3 aromatic heterocycles. The maximum atomic E-state index is 6.40. The minimum absolute atomic E-state index is 0.531. The third-order valence-corrected chi connectivity index (χ3v) is 6.04. The van der Waals surface area contributed by atoms with Crippen molar-refractivity contribution < 1.29 is 4.42 Å². The molecule has 5 rings (SSSR count). The molecular formula is C22H16ClN5OS. The Hall–Kier alpha value is -3.16. The molecule has 0 aliphatic rings. The number of benzene rings is 2. The van der Waals surface area contributed by atoms with Crippen molar-refractivity contribution in [3.63, 3.8) is 0 Å². The predicted molar refractivity (Wildman–Crippen MR) is 118 cm³/mol. The first-order chi connectivity index (χ1) is 14.7. The van der Waals surface area contributed by atoms with Crippen molar-refractivity contribution in [1.82, 2.24) is 24.7 Å². The van der Waals surface area contributed by atoms with Gasteiger partial charge in [-0.3, -0.25) is 9.55 Å². The molecule has 0 unspecified atom stereocenters. The van der Waals surface area contributed by atoms with E-state index in [1.165, 1.54) is 11.8 Å². The first kappa shape index (κ1) is 18.8. The highest BCUT2D eigenvalue weighted by molar-refractivity contribution is 7.98. The number of fused-ring (bicyclic) bond motifs is 1. The van der Waals surface area contributed by atoms with Crippen molar-refractivity contribution in [2.45, 2.75) is 17.8 Å². The van der Waals surface area contributed by atoms with Crippen LogP contribution in [0.5, 0.6) is 0 Å². The Bertz CT molecular complexity index is 1300. The number of aromatic nitrogens is 5. The Labute approximate surface area is 182 Å². The van der Waals surface area contributed by atoms with E-state index in [1.54, 1.807) is 12.4 Å². The average Bonchev–Trinajstić information content (AvgIpc) is 3.38. The summed E-state index contributed by atoms with van der Waals surface area (Å²) >= 11 is 7.92. The van der Waals surface area contributed by atoms with E-state index in [1.807, 2.05) is 66.1 Å². The van der Waals surface area contributed by atoms with Crippen LogP contribution < -0.4 is 0 Å². The molecule has 6 nitrogen and oxygen atoms in total. The molecule has 0 bridgehead atoms. The second kappa shape index (κ2) is 7.93. The first-order valence-electron chi connectivity index (χ1n) is 9.29. The normalized spacial score (nSPS) is 11.3. The number of halogens is 1. The van der Waals surface area contributed by atoms with Crippen LogP contribution in [0, 0.1) is 6.92 Å². The summed E-state index contributed by atoms with van der Waals surface area (Å²) in [4.78, 5) is 8.66. The molecule has 148 valence electrons. The fourth-order valence-corrected chi connectivity index (χ4v) is 4.17. The van der Waals surface area contributed by atoms with E-state index in [9.17, 15) is 0 Å². The van der Waals surface area contributed by atoms with Crippen LogP contribution in [0.3, 0.4) is 0 Å². The molecule has 0 radical (unpaired) electrons. The van der Waals surface area contributed by atoms with E-state index in [4.69, 9.17) is 16.0 Å². The molecule has 0 amide bonds. The SMILES string of the molecule is Cc1c(Cl)cccc1-n1c(SCc2nc3ccccc3o2)nnc1-c1ccncc1. The van der Waals surface area contributed by atoms with E-state index in [0.717, 1.165) is 38.9 Å². The van der Waals surface area contributed by atoms with Crippen molar-refractivity contribution in [3.8, 4) is 17.1 Å². The molecule has 8 heteroatoms. The van der Waals surface area contributed by atoms with E-state index in [-0.39, 0.29) is 0 Å². The van der Waals surface area contributed by atoms with Gasteiger partial charge in [-0.15, -0.1) is 10.2 Å². The van der Waals surface area contributed by atoms with Gasteiger partial charge in [-0.2, -0.15) is 0 Å². The Morgan fingerprint density at radius 3 is 2.67 bits per heavy atom. The standard InChI is InChI=1S/C22H16ClN5OS/c1-14-16(23)5-4-7-18(14)28-21(15-9-11-24-12-10-15)26-27-22(28)30-13-20-25-17-6-2-3-8-19(17)29-20/h2-12H,13H2,1H3. The van der Waals surface area contributed by atoms with E-state index >= 15 is 0 Å². The third kappa shape index (κ3) is 3.46. The summed E-state index contributed by atoms with van der Waals surface area (Å²) in [7, 11) is 0. The number of thioether (sulfide) groups is 1. The van der Waals surface area contributed by atoms with Gasteiger partial charge in [0.15, 0.2) is 16.6 Å². The minimum atomic E-state index is 0.531. The largest absolute Gasteiger partial charge is 0.440 e. The maximum Gasteiger partial charge on any atom is 0.205 e.